The van der Waals surface area contributed by atoms with E-state index in [-0.39, 0.29) is 18.1 Å². The van der Waals surface area contributed by atoms with Crippen molar-refractivity contribution in [2.24, 2.45) is 5.92 Å². The average molecular weight is 538 g/mol. The number of methoxy groups -OCH3 is 1. The van der Waals surface area contributed by atoms with Crippen molar-refractivity contribution in [3.8, 4) is 5.75 Å². The maximum Gasteiger partial charge on any atom is 0.271 e. The lowest BCUT2D eigenvalue weighted by molar-refractivity contribution is -0.384. The SMILES string of the molecule is COc1ccc([C@H]2[C@H]3C(=O)N(Cc4ccccc4)C(=O)[C@H]3ON2c2cccc([N+](=O)[O-])c2)cc1Br. The quantitative estimate of drug-likeness (QED) is 0.260. The van der Waals surface area contributed by atoms with Crippen LogP contribution in [0, 0.1) is 16.0 Å². The highest BCUT2D eigenvalue weighted by Gasteiger charge is 2.59. The van der Waals surface area contributed by atoms with E-state index >= 15 is 0 Å². The fraction of sp³-hybridized carbons (Fsp3) is 0.200. The molecular weight excluding hydrogens is 518 g/mol. The molecule has 9 nitrogen and oxygen atoms in total. The number of fused-ring (bicyclic) bond motifs is 1. The first-order valence-corrected chi connectivity index (χ1v) is 11.6. The molecule has 0 spiro atoms. The largest absolute Gasteiger partial charge is 0.496 e. The number of likely N-dealkylation sites (tertiary alicyclic amines) is 1. The predicted molar refractivity (Wildman–Crippen MR) is 129 cm³/mol. The molecule has 10 heteroatoms. The number of halogens is 1. The zero-order valence-electron chi connectivity index (χ0n) is 18.5. The van der Waals surface area contributed by atoms with Crippen molar-refractivity contribution >= 4 is 39.1 Å². The molecule has 2 fully saturated rings. The number of benzene rings is 3. The number of nitro groups is 1. The Balaban J connectivity index is 1.56. The second-order valence-corrected chi connectivity index (χ2v) is 9.10. The van der Waals surface area contributed by atoms with Gasteiger partial charge in [-0.25, -0.2) is 5.06 Å². The van der Waals surface area contributed by atoms with Gasteiger partial charge in [0.1, 0.15) is 11.7 Å². The Bertz CT molecular complexity index is 1320. The van der Waals surface area contributed by atoms with E-state index in [0.717, 1.165) is 5.56 Å². The molecule has 2 aliphatic heterocycles. The average Bonchev–Trinajstić information content (AvgIpc) is 3.37. The maximum absolute atomic E-state index is 13.6. The van der Waals surface area contributed by atoms with Crippen LogP contribution in [0.2, 0.25) is 0 Å². The van der Waals surface area contributed by atoms with Crippen LogP contribution in [0.5, 0.6) is 5.75 Å². The number of nitro benzene ring substituents is 1. The molecule has 5 rings (SSSR count). The Morgan fingerprint density at radius 2 is 1.80 bits per heavy atom. The van der Waals surface area contributed by atoms with E-state index in [9.17, 15) is 19.7 Å². The number of rotatable bonds is 6. The van der Waals surface area contributed by atoms with Gasteiger partial charge in [-0.15, -0.1) is 0 Å². The molecule has 178 valence electrons. The highest BCUT2D eigenvalue weighted by atomic mass is 79.9. The minimum absolute atomic E-state index is 0.124. The molecule has 3 aromatic rings. The smallest absolute Gasteiger partial charge is 0.271 e. The van der Waals surface area contributed by atoms with E-state index in [1.54, 1.807) is 31.4 Å². The summed E-state index contributed by atoms with van der Waals surface area (Å²) in [6, 6.07) is 19.8. The summed E-state index contributed by atoms with van der Waals surface area (Å²) in [6.07, 6.45) is -1.05. The molecule has 0 aromatic heterocycles. The van der Waals surface area contributed by atoms with Gasteiger partial charge in [-0.05, 0) is 45.3 Å². The number of ether oxygens (including phenoxy) is 1. The van der Waals surface area contributed by atoms with Crippen LogP contribution in [0.15, 0.2) is 77.3 Å². The molecule has 0 unspecified atom stereocenters. The normalized spacial score (nSPS) is 21.4. The zero-order valence-corrected chi connectivity index (χ0v) is 20.1. The van der Waals surface area contributed by atoms with Crippen LogP contribution in [-0.2, 0) is 21.0 Å². The van der Waals surface area contributed by atoms with Crippen LogP contribution in [0.3, 0.4) is 0 Å². The Hall–Kier alpha value is -3.76. The summed E-state index contributed by atoms with van der Waals surface area (Å²) in [4.78, 5) is 45.1. The summed E-state index contributed by atoms with van der Waals surface area (Å²) in [5.74, 6) is -1.01. The maximum atomic E-state index is 13.6. The van der Waals surface area contributed by atoms with E-state index in [1.165, 1.54) is 28.2 Å². The topological polar surface area (TPSA) is 102 Å². The number of nitrogens with zero attached hydrogens (tertiary/aromatic N) is 3. The van der Waals surface area contributed by atoms with E-state index in [2.05, 4.69) is 15.9 Å². The fourth-order valence-electron chi connectivity index (χ4n) is 4.57. The number of imide groups is 1. The summed E-state index contributed by atoms with van der Waals surface area (Å²) in [7, 11) is 1.55. The van der Waals surface area contributed by atoms with Gasteiger partial charge in [0.25, 0.3) is 11.6 Å². The number of carbonyl (C=O) groups is 2. The van der Waals surface area contributed by atoms with Gasteiger partial charge >= 0.3 is 0 Å². The molecule has 3 aromatic carbocycles. The van der Waals surface area contributed by atoms with E-state index in [4.69, 9.17) is 9.57 Å². The van der Waals surface area contributed by atoms with Crippen LogP contribution >= 0.6 is 15.9 Å². The van der Waals surface area contributed by atoms with Crippen molar-refractivity contribution in [3.63, 3.8) is 0 Å². The van der Waals surface area contributed by atoms with Gasteiger partial charge in [0.15, 0.2) is 6.10 Å². The number of anilines is 1. The summed E-state index contributed by atoms with van der Waals surface area (Å²) in [5, 5.41) is 12.8. The molecule has 2 aliphatic rings. The van der Waals surface area contributed by atoms with Gasteiger partial charge < -0.3 is 4.74 Å². The van der Waals surface area contributed by atoms with Gasteiger partial charge in [0.05, 0.1) is 34.8 Å². The lowest BCUT2D eigenvalue weighted by atomic mass is 9.90. The molecule has 0 radical (unpaired) electrons. The van der Waals surface area contributed by atoms with E-state index in [0.29, 0.717) is 21.5 Å². The molecule has 2 heterocycles. The summed E-state index contributed by atoms with van der Waals surface area (Å²) >= 11 is 3.48. The molecule has 0 N–H and O–H groups in total. The number of hydroxylamine groups is 1. The number of hydrogen-bond acceptors (Lipinski definition) is 7. The Morgan fingerprint density at radius 3 is 2.49 bits per heavy atom. The number of amides is 2. The molecule has 2 amide bonds. The fourth-order valence-corrected chi connectivity index (χ4v) is 5.12. The van der Waals surface area contributed by atoms with Crippen LogP contribution in [0.4, 0.5) is 11.4 Å². The van der Waals surface area contributed by atoms with E-state index < -0.39 is 28.9 Å². The Kier molecular flexibility index (Phi) is 6.00. The lowest BCUT2D eigenvalue weighted by Gasteiger charge is -2.29. The van der Waals surface area contributed by atoms with Gasteiger partial charge in [0, 0.05) is 12.1 Å². The van der Waals surface area contributed by atoms with Crippen molar-refractivity contribution in [1.82, 2.24) is 4.90 Å². The predicted octanol–water partition coefficient (Wildman–Crippen LogP) is 4.41. The van der Waals surface area contributed by atoms with Crippen molar-refractivity contribution in [3.05, 3.63) is 98.5 Å². The first-order chi connectivity index (χ1) is 16.9. The molecule has 0 saturated carbocycles. The number of non-ortho nitro benzene ring substituents is 1. The Morgan fingerprint density at radius 1 is 1.03 bits per heavy atom. The second-order valence-electron chi connectivity index (χ2n) is 8.24. The summed E-state index contributed by atoms with van der Waals surface area (Å²) in [6.45, 7) is 0.144. The highest BCUT2D eigenvalue weighted by molar-refractivity contribution is 9.10. The standard InChI is InChI=1S/C25H20BrN3O6/c1-34-20-11-10-16(12-19(20)26)22-21-23(35-28(22)17-8-5-9-18(13-17)29(32)33)25(31)27(24(21)30)14-15-6-3-2-4-7-15/h2-13,21-23H,14H2,1H3/t21-,22+,23+/m1/s1. The first kappa shape index (κ1) is 23.0. The summed E-state index contributed by atoms with van der Waals surface area (Å²) < 4.78 is 5.99. The minimum Gasteiger partial charge on any atom is -0.496 e. The van der Waals surface area contributed by atoms with Crippen LogP contribution in [-0.4, -0.2) is 34.9 Å². The van der Waals surface area contributed by atoms with Crippen molar-refractivity contribution < 1.29 is 24.1 Å². The highest BCUT2D eigenvalue weighted by Crippen LogP contribution is 2.48. The molecule has 35 heavy (non-hydrogen) atoms. The zero-order chi connectivity index (χ0) is 24.7. The third-order valence-electron chi connectivity index (χ3n) is 6.20. The van der Waals surface area contributed by atoms with Gasteiger partial charge in [-0.3, -0.25) is 29.4 Å². The van der Waals surface area contributed by atoms with Crippen molar-refractivity contribution in [1.29, 1.82) is 0 Å². The van der Waals surface area contributed by atoms with Crippen LogP contribution < -0.4 is 9.80 Å². The Labute approximate surface area is 209 Å². The molecular formula is C25H20BrN3O6. The third kappa shape index (κ3) is 4.04. The number of carbonyl (C=O) groups excluding carboxylic acids is 2. The van der Waals surface area contributed by atoms with Gasteiger partial charge in [0.2, 0.25) is 5.91 Å². The molecule has 0 aliphatic carbocycles. The molecule has 2 saturated heterocycles. The van der Waals surface area contributed by atoms with Gasteiger partial charge in [-0.2, -0.15) is 0 Å². The van der Waals surface area contributed by atoms with Crippen molar-refractivity contribution in [2.75, 3.05) is 12.2 Å². The van der Waals surface area contributed by atoms with Gasteiger partial charge in [-0.1, -0.05) is 42.5 Å². The monoisotopic (exact) mass is 537 g/mol. The number of hydrogen-bond donors (Lipinski definition) is 0. The lowest BCUT2D eigenvalue weighted by Crippen LogP contribution is -2.37. The molecule has 3 atom stereocenters. The second kappa shape index (κ2) is 9.12. The summed E-state index contributed by atoms with van der Waals surface area (Å²) in [5.41, 5.74) is 1.77. The minimum atomic E-state index is -1.05. The van der Waals surface area contributed by atoms with Crippen LogP contribution in [0.1, 0.15) is 17.2 Å². The molecule has 0 bridgehead atoms. The van der Waals surface area contributed by atoms with Crippen molar-refractivity contribution in [2.45, 2.75) is 18.7 Å². The first-order valence-electron chi connectivity index (χ1n) is 10.8. The third-order valence-corrected chi connectivity index (χ3v) is 6.82. The van der Waals surface area contributed by atoms with Crippen LogP contribution in [0.25, 0.3) is 0 Å². The van der Waals surface area contributed by atoms with E-state index in [1.807, 2.05) is 30.3 Å².